The van der Waals surface area contributed by atoms with Crippen molar-refractivity contribution in [2.45, 2.75) is 57.6 Å². The van der Waals surface area contributed by atoms with Crippen molar-refractivity contribution in [3.05, 3.63) is 102 Å². The number of rotatable bonds is 11. The number of fused-ring (bicyclic) bond motifs is 1. The lowest BCUT2D eigenvalue weighted by molar-refractivity contribution is -0.189. The molecule has 2 N–H and O–H groups in total. The molecule has 0 spiro atoms. The predicted molar refractivity (Wildman–Crippen MR) is 202 cm³/mol. The molecule has 280 valence electrons. The molecule has 0 radical (unpaired) electrons. The Kier molecular flexibility index (Phi) is 10.9. The highest BCUT2D eigenvalue weighted by atomic mass is 16.3. The van der Waals surface area contributed by atoms with Gasteiger partial charge in [0.25, 0.3) is 0 Å². The fourth-order valence-corrected chi connectivity index (χ4v) is 8.18. The van der Waals surface area contributed by atoms with Gasteiger partial charge in [-0.1, -0.05) is 61.5 Å². The molecule has 0 aliphatic carbocycles. The standard InChI is InChI=1S/C40H51N9O4/c1-4-18-47-28-38(51)48-35(21-30-14-16-34(50)17-15-30)39(52)46(27-37(48)49(47)40(53)41-22-31-10-7-6-8-11-31)24-32-12-9-13-36(42-32)45-25-33(26-45)44-20-19-43(5-2)29(3)23-44/h4,6-17,29,33,35,37,50H,1,5,18-28H2,2-3H3,(H,41,53)/t29-,35-,37?/m0/s1. The van der Waals surface area contributed by atoms with Gasteiger partial charge in [0.1, 0.15) is 23.8 Å². The maximum absolute atomic E-state index is 14.5. The largest absolute Gasteiger partial charge is 0.508 e. The van der Waals surface area contributed by atoms with Crippen molar-refractivity contribution in [3.63, 3.8) is 0 Å². The van der Waals surface area contributed by atoms with Crippen molar-refractivity contribution < 1.29 is 19.5 Å². The molecule has 7 rings (SSSR count). The summed E-state index contributed by atoms with van der Waals surface area (Å²) in [5.74, 6) is 0.559. The van der Waals surface area contributed by atoms with Gasteiger partial charge in [-0.25, -0.2) is 19.8 Å². The van der Waals surface area contributed by atoms with Gasteiger partial charge in [0, 0.05) is 64.3 Å². The molecular weight excluding hydrogens is 670 g/mol. The van der Waals surface area contributed by atoms with Gasteiger partial charge in [-0.3, -0.25) is 19.4 Å². The van der Waals surface area contributed by atoms with Crippen molar-refractivity contribution in [2.75, 3.05) is 63.8 Å². The SMILES string of the molecule is C=CCN1CC(=O)N2C(CN(Cc3cccc(N4CC(N5CCN(CC)[C@@H](C)C5)C4)n3)C(=O)[C@@H]2Cc2ccc(O)cc2)N1C(=O)NCc1ccccc1. The smallest absolute Gasteiger partial charge is 0.334 e. The number of phenolic OH excluding ortho intramolecular Hbond substituents is 1. The number of likely N-dealkylation sites (N-methyl/N-ethyl adjacent to an activating group) is 1. The van der Waals surface area contributed by atoms with E-state index in [1.165, 1.54) is 0 Å². The molecule has 53 heavy (non-hydrogen) atoms. The molecular formula is C40H51N9O4. The van der Waals surface area contributed by atoms with Crippen LogP contribution in [0.15, 0.2) is 85.5 Å². The number of pyridine rings is 1. The van der Waals surface area contributed by atoms with E-state index in [0.29, 0.717) is 18.6 Å². The van der Waals surface area contributed by atoms with E-state index in [0.717, 1.165) is 61.9 Å². The van der Waals surface area contributed by atoms with Gasteiger partial charge in [-0.15, -0.1) is 6.58 Å². The van der Waals surface area contributed by atoms with E-state index in [1.54, 1.807) is 50.2 Å². The first kappa shape index (κ1) is 36.4. The Morgan fingerprint density at radius 2 is 1.74 bits per heavy atom. The molecule has 0 bridgehead atoms. The van der Waals surface area contributed by atoms with Gasteiger partial charge in [0.05, 0.1) is 25.3 Å². The Bertz CT molecular complexity index is 1770. The molecule has 0 saturated carbocycles. The third-order valence-corrected chi connectivity index (χ3v) is 11.1. The predicted octanol–water partition coefficient (Wildman–Crippen LogP) is 2.74. The number of hydrogen-bond acceptors (Lipinski definition) is 9. The molecule has 4 aliphatic rings. The molecule has 1 unspecified atom stereocenters. The molecule has 3 aromatic rings. The second-order valence-corrected chi connectivity index (χ2v) is 14.5. The van der Waals surface area contributed by atoms with Gasteiger partial charge in [0.15, 0.2) is 0 Å². The van der Waals surface area contributed by atoms with Crippen LogP contribution in [-0.2, 0) is 29.1 Å². The molecule has 3 atom stereocenters. The normalized spacial score (nSPS) is 23.2. The molecule has 1 aromatic heterocycles. The van der Waals surface area contributed by atoms with Crippen LogP contribution in [0.3, 0.4) is 0 Å². The lowest BCUT2D eigenvalue weighted by Crippen LogP contribution is -2.76. The number of anilines is 1. The van der Waals surface area contributed by atoms with Crippen molar-refractivity contribution >= 4 is 23.7 Å². The van der Waals surface area contributed by atoms with Crippen LogP contribution in [0, 0.1) is 0 Å². The highest BCUT2D eigenvalue weighted by Crippen LogP contribution is 2.30. The quantitative estimate of drug-likeness (QED) is 0.289. The molecule has 4 amide bonds. The first-order valence-corrected chi connectivity index (χ1v) is 18.8. The average Bonchev–Trinajstić information content (AvgIpc) is 3.13. The molecule has 13 heteroatoms. The number of benzene rings is 2. The lowest BCUT2D eigenvalue weighted by Gasteiger charge is -2.55. The molecule has 2 aromatic carbocycles. The summed E-state index contributed by atoms with van der Waals surface area (Å²) in [5.41, 5.74) is 2.48. The highest BCUT2D eigenvalue weighted by Gasteiger charge is 2.51. The van der Waals surface area contributed by atoms with E-state index in [9.17, 15) is 19.5 Å². The summed E-state index contributed by atoms with van der Waals surface area (Å²) in [6.45, 7) is 15.4. The van der Waals surface area contributed by atoms with E-state index in [-0.39, 0.29) is 56.2 Å². The summed E-state index contributed by atoms with van der Waals surface area (Å²) in [7, 11) is 0. The minimum absolute atomic E-state index is 0.0751. The number of nitrogens with zero attached hydrogens (tertiary/aromatic N) is 8. The fraction of sp³-hybridized carbons (Fsp3) is 0.450. The molecule has 5 heterocycles. The Morgan fingerprint density at radius 3 is 2.45 bits per heavy atom. The summed E-state index contributed by atoms with van der Waals surface area (Å²) in [6, 6.07) is 22.1. The monoisotopic (exact) mass is 721 g/mol. The maximum Gasteiger partial charge on any atom is 0.334 e. The molecule has 13 nitrogen and oxygen atoms in total. The first-order valence-electron chi connectivity index (χ1n) is 18.8. The van der Waals surface area contributed by atoms with Crippen molar-refractivity contribution in [2.24, 2.45) is 0 Å². The number of aromatic hydroxyl groups is 1. The topological polar surface area (TPSA) is 119 Å². The summed E-state index contributed by atoms with van der Waals surface area (Å²) >= 11 is 0. The van der Waals surface area contributed by atoms with E-state index >= 15 is 0 Å². The van der Waals surface area contributed by atoms with Crippen LogP contribution >= 0.6 is 0 Å². The first-order chi connectivity index (χ1) is 25.7. The minimum atomic E-state index is -0.865. The van der Waals surface area contributed by atoms with Gasteiger partial charge < -0.3 is 25.1 Å². The van der Waals surface area contributed by atoms with Crippen LogP contribution < -0.4 is 10.2 Å². The van der Waals surface area contributed by atoms with E-state index in [1.807, 2.05) is 48.5 Å². The Labute approximate surface area is 312 Å². The third-order valence-electron chi connectivity index (χ3n) is 11.1. The highest BCUT2D eigenvalue weighted by molar-refractivity contribution is 5.91. The van der Waals surface area contributed by atoms with Crippen molar-refractivity contribution in [1.29, 1.82) is 0 Å². The Balaban J connectivity index is 1.12. The number of piperazine rings is 2. The maximum atomic E-state index is 14.5. The second kappa shape index (κ2) is 15.9. The van der Waals surface area contributed by atoms with E-state index in [2.05, 4.69) is 40.4 Å². The fourth-order valence-electron chi connectivity index (χ4n) is 8.18. The number of aromatic nitrogens is 1. The third kappa shape index (κ3) is 7.87. The van der Waals surface area contributed by atoms with Gasteiger partial charge in [0.2, 0.25) is 11.8 Å². The van der Waals surface area contributed by atoms with Crippen LogP contribution in [0.5, 0.6) is 5.75 Å². The molecule has 4 fully saturated rings. The number of carbonyl (C=O) groups is 3. The summed E-state index contributed by atoms with van der Waals surface area (Å²) in [4.78, 5) is 58.2. The minimum Gasteiger partial charge on any atom is -0.508 e. The van der Waals surface area contributed by atoms with Crippen LogP contribution in [0.25, 0.3) is 0 Å². The van der Waals surface area contributed by atoms with Gasteiger partial charge in [-0.05, 0) is 48.9 Å². The van der Waals surface area contributed by atoms with Crippen LogP contribution in [0.2, 0.25) is 0 Å². The van der Waals surface area contributed by atoms with Crippen LogP contribution in [-0.4, -0.2) is 141 Å². The zero-order valence-corrected chi connectivity index (χ0v) is 30.8. The Hall–Kier alpha value is -4.98. The zero-order chi connectivity index (χ0) is 37.1. The number of urea groups is 1. The van der Waals surface area contributed by atoms with E-state index in [4.69, 9.17) is 4.98 Å². The molecule has 4 saturated heterocycles. The van der Waals surface area contributed by atoms with Crippen LogP contribution in [0.1, 0.15) is 30.7 Å². The number of amides is 4. The summed E-state index contributed by atoms with van der Waals surface area (Å²) in [6.07, 6.45) is 1.13. The molecule has 4 aliphatic heterocycles. The second-order valence-electron chi connectivity index (χ2n) is 14.5. The van der Waals surface area contributed by atoms with E-state index < -0.39 is 12.2 Å². The summed E-state index contributed by atoms with van der Waals surface area (Å²) in [5, 5.41) is 16.3. The number of hydrogen-bond donors (Lipinski definition) is 2. The summed E-state index contributed by atoms with van der Waals surface area (Å²) < 4.78 is 0. The zero-order valence-electron chi connectivity index (χ0n) is 30.8. The van der Waals surface area contributed by atoms with Crippen molar-refractivity contribution in [3.8, 4) is 5.75 Å². The average molecular weight is 722 g/mol. The van der Waals surface area contributed by atoms with Crippen molar-refractivity contribution in [1.82, 2.24) is 39.9 Å². The number of hydrazine groups is 1. The van der Waals surface area contributed by atoms with Gasteiger partial charge in [-0.2, -0.15) is 0 Å². The number of nitrogens with one attached hydrogen (secondary N) is 1. The number of carbonyl (C=O) groups excluding carboxylic acids is 3. The van der Waals surface area contributed by atoms with Gasteiger partial charge >= 0.3 is 6.03 Å². The number of phenols is 1. The lowest BCUT2D eigenvalue weighted by atomic mass is 9.98. The Morgan fingerprint density at radius 1 is 0.962 bits per heavy atom. The van der Waals surface area contributed by atoms with Crippen LogP contribution in [0.4, 0.5) is 10.6 Å².